The quantitative estimate of drug-likeness (QED) is 0.445. The number of imidazole rings is 1. The molecule has 0 aliphatic rings. The number of aromatic amines is 1. The monoisotopic (exact) mass is 411 g/mol. The number of anilines is 1. The molecule has 1 heterocycles. The number of ether oxygens (including phenoxy) is 1. The van der Waals surface area contributed by atoms with Crippen LogP contribution in [0.1, 0.15) is 10.4 Å². The van der Waals surface area contributed by atoms with E-state index in [0.29, 0.717) is 32.9 Å². The lowest BCUT2D eigenvalue weighted by atomic mass is 10.1. The van der Waals surface area contributed by atoms with E-state index in [0.717, 1.165) is 16.6 Å². The van der Waals surface area contributed by atoms with Crippen molar-refractivity contribution in [2.45, 2.75) is 0 Å². The van der Waals surface area contributed by atoms with Crippen molar-refractivity contribution in [3.63, 3.8) is 0 Å². The number of nitrogens with zero attached hydrogens (tertiary/aromatic N) is 1. The van der Waals surface area contributed by atoms with Crippen LogP contribution in [0.15, 0.2) is 60.7 Å². The third-order valence-electron chi connectivity index (χ3n) is 4.27. The summed E-state index contributed by atoms with van der Waals surface area (Å²) in [5, 5.41) is 3.90. The third-order valence-corrected chi connectivity index (χ3v) is 4.80. The number of halogens is 2. The topological polar surface area (TPSA) is 67.0 Å². The molecule has 0 bridgehead atoms. The molecule has 1 amide bonds. The summed E-state index contributed by atoms with van der Waals surface area (Å²) in [4.78, 5) is 20.3. The van der Waals surface area contributed by atoms with Crippen LogP contribution in [-0.2, 0) is 0 Å². The molecule has 4 aromatic rings. The zero-order chi connectivity index (χ0) is 19.7. The van der Waals surface area contributed by atoms with Crippen LogP contribution in [0.5, 0.6) is 5.75 Å². The first-order valence-corrected chi connectivity index (χ1v) is 9.20. The van der Waals surface area contributed by atoms with Crippen LogP contribution in [-0.4, -0.2) is 23.0 Å². The van der Waals surface area contributed by atoms with E-state index < -0.39 is 0 Å². The van der Waals surface area contributed by atoms with Gasteiger partial charge >= 0.3 is 0 Å². The van der Waals surface area contributed by atoms with Gasteiger partial charge < -0.3 is 15.0 Å². The highest BCUT2D eigenvalue weighted by molar-refractivity contribution is 6.32. The van der Waals surface area contributed by atoms with E-state index in [9.17, 15) is 4.79 Å². The van der Waals surface area contributed by atoms with Crippen molar-refractivity contribution >= 4 is 45.8 Å². The fourth-order valence-electron chi connectivity index (χ4n) is 2.85. The van der Waals surface area contributed by atoms with Crippen molar-refractivity contribution in [1.82, 2.24) is 9.97 Å². The summed E-state index contributed by atoms with van der Waals surface area (Å²) < 4.78 is 5.11. The Bertz CT molecular complexity index is 1170. The normalized spacial score (nSPS) is 10.8. The second-order valence-corrected chi connectivity index (χ2v) is 6.97. The number of benzene rings is 3. The standard InChI is InChI=1S/C21H15Cl2N3O2/c1-28-19-9-7-15(11-16(19)23)24-21(27)13-4-2-12(3-5-13)20-25-17-8-6-14(22)10-18(17)26-20/h2-11H,1H3,(H,24,27)(H,25,26). The van der Waals surface area contributed by atoms with Crippen molar-refractivity contribution < 1.29 is 9.53 Å². The molecule has 0 radical (unpaired) electrons. The summed E-state index contributed by atoms with van der Waals surface area (Å²) >= 11 is 12.1. The molecule has 1 aromatic heterocycles. The van der Waals surface area contributed by atoms with Crippen LogP contribution in [0.3, 0.4) is 0 Å². The second-order valence-electron chi connectivity index (χ2n) is 6.13. The first kappa shape index (κ1) is 18.3. The lowest BCUT2D eigenvalue weighted by molar-refractivity contribution is 0.102. The van der Waals surface area contributed by atoms with Crippen LogP contribution in [0.2, 0.25) is 10.0 Å². The lowest BCUT2D eigenvalue weighted by Gasteiger charge is -2.08. The number of rotatable bonds is 4. The smallest absolute Gasteiger partial charge is 0.255 e. The number of H-pyrrole nitrogens is 1. The van der Waals surface area contributed by atoms with Gasteiger partial charge in [0.25, 0.3) is 5.91 Å². The Kier molecular flexibility index (Phi) is 4.94. The number of methoxy groups -OCH3 is 1. The predicted octanol–water partition coefficient (Wildman–Crippen LogP) is 5.80. The van der Waals surface area contributed by atoms with Crippen LogP contribution in [0.4, 0.5) is 5.69 Å². The summed E-state index contributed by atoms with van der Waals surface area (Å²) in [6.45, 7) is 0. The second kappa shape index (κ2) is 7.54. The number of carbonyl (C=O) groups is 1. The molecule has 7 heteroatoms. The molecule has 0 unspecified atom stereocenters. The maximum absolute atomic E-state index is 12.5. The van der Waals surface area contributed by atoms with E-state index in [1.165, 1.54) is 7.11 Å². The number of hydrogen-bond donors (Lipinski definition) is 2. The maximum atomic E-state index is 12.5. The van der Waals surface area contributed by atoms with E-state index >= 15 is 0 Å². The van der Waals surface area contributed by atoms with Crippen LogP contribution >= 0.6 is 23.2 Å². The van der Waals surface area contributed by atoms with Gasteiger partial charge in [0.15, 0.2) is 0 Å². The first-order valence-electron chi connectivity index (χ1n) is 8.44. The highest BCUT2D eigenvalue weighted by atomic mass is 35.5. The minimum Gasteiger partial charge on any atom is -0.495 e. The first-order chi connectivity index (χ1) is 13.5. The zero-order valence-corrected chi connectivity index (χ0v) is 16.3. The SMILES string of the molecule is COc1ccc(NC(=O)c2ccc(-c3nc4ccc(Cl)cc4[nH]3)cc2)cc1Cl. The van der Waals surface area contributed by atoms with Crippen molar-refractivity contribution in [2.24, 2.45) is 0 Å². The Labute approximate surface area is 171 Å². The number of carbonyl (C=O) groups excluding carboxylic acids is 1. The Morgan fingerprint density at radius 1 is 1.04 bits per heavy atom. The molecule has 0 saturated heterocycles. The predicted molar refractivity (Wildman–Crippen MR) is 112 cm³/mol. The molecule has 3 aromatic carbocycles. The number of fused-ring (bicyclic) bond motifs is 1. The van der Waals surface area contributed by atoms with Crippen molar-refractivity contribution in [1.29, 1.82) is 0 Å². The summed E-state index contributed by atoms with van der Waals surface area (Å²) in [6.07, 6.45) is 0. The van der Waals surface area contributed by atoms with E-state index in [1.54, 1.807) is 36.4 Å². The van der Waals surface area contributed by atoms with Crippen LogP contribution in [0.25, 0.3) is 22.4 Å². The van der Waals surface area contributed by atoms with Gasteiger partial charge in [0.05, 0.1) is 23.2 Å². The Balaban J connectivity index is 1.53. The molecule has 140 valence electrons. The van der Waals surface area contributed by atoms with Crippen molar-refractivity contribution in [3.05, 3.63) is 76.3 Å². The highest BCUT2D eigenvalue weighted by Gasteiger charge is 2.10. The average Bonchev–Trinajstić information content (AvgIpc) is 3.11. The van der Waals surface area contributed by atoms with E-state index in [4.69, 9.17) is 27.9 Å². The van der Waals surface area contributed by atoms with Gasteiger partial charge in [-0.15, -0.1) is 0 Å². The van der Waals surface area contributed by atoms with Gasteiger partial charge in [-0.3, -0.25) is 4.79 Å². The minimum atomic E-state index is -0.232. The molecular formula is C21H15Cl2N3O2. The molecule has 0 aliphatic heterocycles. The highest BCUT2D eigenvalue weighted by Crippen LogP contribution is 2.28. The molecule has 2 N–H and O–H groups in total. The van der Waals surface area contributed by atoms with Crippen molar-refractivity contribution in [2.75, 3.05) is 12.4 Å². The molecule has 4 rings (SSSR count). The minimum absolute atomic E-state index is 0.232. The van der Waals surface area contributed by atoms with Gasteiger partial charge in [0.2, 0.25) is 0 Å². The molecule has 0 saturated carbocycles. The Morgan fingerprint density at radius 3 is 2.54 bits per heavy atom. The molecule has 5 nitrogen and oxygen atoms in total. The maximum Gasteiger partial charge on any atom is 0.255 e. The van der Waals surface area contributed by atoms with Crippen molar-refractivity contribution in [3.8, 4) is 17.1 Å². The summed E-state index contributed by atoms with van der Waals surface area (Å²) in [5.74, 6) is 1.03. The average molecular weight is 412 g/mol. The number of aromatic nitrogens is 2. The fourth-order valence-corrected chi connectivity index (χ4v) is 3.28. The molecule has 0 aliphatic carbocycles. The summed E-state index contributed by atoms with van der Waals surface area (Å²) in [5.41, 5.74) is 3.68. The summed E-state index contributed by atoms with van der Waals surface area (Å²) in [7, 11) is 1.54. The zero-order valence-electron chi connectivity index (χ0n) is 14.8. The number of nitrogens with one attached hydrogen (secondary N) is 2. The van der Waals surface area contributed by atoms with Gasteiger partial charge in [-0.25, -0.2) is 4.98 Å². The van der Waals surface area contributed by atoms with Gasteiger partial charge in [-0.05, 0) is 48.5 Å². The third kappa shape index (κ3) is 3.67. The number of hydrogen-bond acceptors (Lipinski definition) is 3. The van der Waals surface area contributed by atoms with Crippen LogP contribution < -0.4 is 10.1 Å². The molecule has 0 spiro atoms. The lowest BCUT2D eigenvalue weighted by Crippen LogP contribution is -2.11. The van der Waals surface area contributed by atoms with E-state index in [2.05, 4.69) is 15.3 Å². The molecule has 0 atom stereocenters. The van der Waals surface area contributed by atoms with Gasteiger partial charge in [0.1, 0.15) is 11.6 Å². The fraction of sp³-hybridized carbons (Fsp3) is 0.0476. The summed E-state index contributed by atoms with van der Waals surface area (Å²) in [6, 6.07) is 17.7. The molecular weight excluding hydrogens is 397 g/mol. The largest absolute Gasteiger partial charge is 0.495 e. The van der Waals surface area contributed by atoms with Gasteiger partial charge in [0, 0.05) is 21.8 Å². The number of amides is 1. The van der Waals surface area contributed by atoms with Gasteiger partial charge in [-0.2, -0.15) is 0 Å². The Hall–Kier alpha value is -3.02. The van der Waals surface area contributed by atoms with E-state index in [1.807, 2.05) is 24.3 Å². The Morgan fingerprint density at radius 2 is 1.82 bits per heavy atom. The van der Waals surface area contributed by atoms with Gasteiger partial charge in [-0.1, -0.05) is 35.3 Å². The van der Waals surface area contributed by atoms with E-state index in [-0.39, 0.29) is 5.91 Å². The van der Waals surface area contributed by atoms with Crippen LogP contribution in [0, 0.1) is 0 Å². The molecule has 0 fully saturated rings. The molecule has 28 heavy (non-hydrogen) atoms.